The number of ether oxygens (including phenoxy) is 4. The van der Waals surface area contributed by atoms with Crippen molar-refractivity contribution in [3.05, 3.63) is 101 Å². The van der Waals surface area contributed by atoms with Crippen LogP contribution in [0.2, 0.25) is 0 Å². The number of allylic oxidation sites excluding steroid dienone is 4. The Kier molecular flexibility index (Phi) is 14.4. The Morgan fingerprint density at radius 3 is 2.43 bits per heavy atom. The van der Waals surface area contributed by atoms with Gasteiger partial charge in [-0.2, -0.15) is 0 Å². The van der Waals surface area contributed by atoms with Gasteiger partial charge in [0.25, 0.3) is 5.91 Å². The first-order valence-corrected chi connectivity index (χ1v) is 16.9. The highest BCUT2D eigenvalue weighted by Gasteiger charge is 2.19. The van der Waals surface area contributed by atoms with Crippen LogP contribution in [0.4, 0.5) is 0 Å². The summed E-state index contributed by atoms with van der Waals surface area (Å²) in [5, 5.41) is 18.2. The predicted molar refractivity (Wildman–Crippen MR) is 186 cm³/mol. The molecule has 49 heavy (non-hydrogen) atoms. The molecule has 0 spiro atoms. The van der Waals surface area contributed by atoms with Crippen LogP contribution in [-0.4, -0.2) is 60.3 Å². The lowest BCUT2D eigenvalue weighted by molar-refractivity contribution is -0.138. The maximum atomic E-state index is 12.9. The van der Waals surface area contributed by atoms with E-state index in [1.165, 1.54) is 16.7 Å². The van der Waals surface area contributed by atoms with Gasteiger partial charge in [-0.25, -0.2) is 0 Å². The minimum Gasteiger partial charge on any atom is -0.494 e. The second-order valence-electron chi connectivity index (χ2n) is 12.4. The van der Waals surface area contributed by atoms with Crippen LogP contribution < -0.4 is 9.47 Å². The number of carbonyl (C=O) groups excluding carboxylic acids is 1. The smallest absolute Gasteiger partial charge is 0.303 e. The zero-order chi connectivity index (χ0) is 35.0. The maximum absolute atomic E-state index is 12.9. The highest BCUT2D eigenvalue weighted by atomic mass is 16.5. The first kappa shape index (κ1) is 36.8. The summed E-state index contributed by atoms with van der Waals surface area (Å²) in [5.41, 5.74) is 4.38. The molecule has 2 aromatic rings. The molecule has 1 heterocycles. The number of aliphatic carboxylic acids is 2. The molecule has 10 heteroatoms. The molecule has 10 nitrogen and oxygen atoms in total. The number of unbranched alkanes of at least 4 members (excludes halogenated alkanes) is 3. The van der Waals surface area contributed by atoms with Gasteiger partial charge in [0, 0.05) is 44.5 Å². The van der Waals surface area contributed by atoms with Crippen molar-refractivity contribution in [1.82, 2.24) is 4.90 Å². The van der Waals surface area contributed by atoms with E-state index in [1.54, 1.807) is 32.5 Å². The van der Waals surface area contributed by atoms with Crippen LogP contribution in [0.5, 0.6) is 11.5 Å². The van der Waals surface area contributed by atoms with Crippen LogP contribution in [0.25, 0.3) is 5.76 Å². The van der Waals surface area contributed by atoms with E-state index in [4.69, 9.17) is 24.1 Å². The van der Waals surface area contributed by atoms with Crippen LogP contribution in [0.1, 0.15) is 91.3 Å². The third kappa shape index (κ3) is 12.2. The van der Waals surface area contributed by atoms with E-state index in [2.05, 4.69) is 18.2 Å². The van der Waals surface area contributed by atoms with Crippen LogP contribution >= 0.6 is 0 Å². The molecule has 2 aromatic carbocycles. The van der Waals surface area contributed by atoms with Gasteiger partial charge < -0.3 is 34.1 Å². The number of carboxylic acids is 2. The number of benzene rings is 2. The van der Waals surface area contributed by atoms with Crippen molar-refractivity contribution in [2.75, 3.05) is 27.3 Å². The van der Waals surface area contributed by atoms with Crippen molar-refractivity contribution in [3.8, 4) is 11.5 Å². The van der Waals surface area contributed by atoms with Crippen molar-refractivity contribution < 1.29 is 43.5 Å². The molecule has 2 aliphatic rings. The Labute approximate surface area is 288 Å². The van der Waals surface area contributed by atoms with Gasteiger partial charge in [-0.1, -0.05) is 48.8 Å². The van der Waals surface area contributed by atoms with E-state index >= 15 is 0 Å². The molecule has 0 saturated heterocycles. The molecule has 0 aromatic heterocycles. The predicted octanol–water partition coefficient (Wildman–Crippen LogP) is 7.68. The van der Waals surface area contributed by atoms with Crippen LogP contribution in [0.15, 0.2) is 78.5 Å². The Bertz CT molecular complexity index is 1580. The molecule has 0 radical (unpaired) electrons. The second kappa shape index (κ2) is 19.1. The van der Waals surface area contributed by atoms with Gasteiger partial charge in [-0.05, 0) is 80.3 Å². The molecule has 0 saturated carbocycles. The summed E-state index contributed by atoms with van der Waals surface area (Å²) < 4.78 is 23.8. The van der Waals surface area contributed by atoms with Gasteiger partial charge in [0.2, 0.25) is 0 Å². The fourth-order valence-corrected chi connectivity index (χ4v) is 5.66. The fourth-order valence-electron chi connectivity index (χ4n) is 5.66. The van der Waals surface area contributed by atoms with E-state index in [0.29, 0.717) is 60.0 Å². The summed E-state index contributed by atoms with van der Waals surface area (Å²) in [7, 11) is 3.42. The van der Waals surface area contributed by atoms with E-state index in [9.17, 15) is 19.5 Å². The number of aryl methyl sites for hydroxylation is 1. The van der Waals surface area contributed by atoms with Gasteiger partial charge in [0.05, 0.1) is 13.2 Å². The molecule has 1 aliphatic carbocycles. The standard InChI is InChI=1S/C39H47NO9/c1-40(2)39(45)31-23-30(36-27-46-26-33(49-36)22-28-12-6-5-7-13-28)24-32(25-31)47-20-9-4-3-8-14-29-15-10-16-35(34(29)18-19-38(43)44)48-21-11-17-37(41)42/h5-6,10,12,15-16,23-27H,3-4,7-9,11,13-14,17-22H2,1-2H3,(H,41,42)(H,43,44). The van der Waals surface area contributed by atoms with Crippen molar-refractivity contribution in [3.63, 3.8) is 0 Å². The minimum atomic E-state index is -0.876. The first-order valence-electron chi connectivity index (χ1n) is 16.9. The Balaban J connectivity index is 1.30. The topological polar surface area (TPSA) is 132 Å². The molecule has 2 N–H and O–H groups in total. The van der Waals surface area contributed by atoms with E-state index in [-0.39, 0.29) is 25.4 Å². The first-order chi connectivity index (χ1) is 23.7. The normalized spacial score (nSPS) is 13.7. The summed E-state index contributed by atoms with van der Waals surface area (Å²) in [5.74, 6) is 0.525. The summed E-state index contributed by atoms with van der Waals surface area (Å²) in [4.78, 5) is 36.6. The van der Waals surface area contributed by atoms with Gasteiger partial charge in [-0.3, -0.25) is 14.4 Å². The van der Waals surface area contributed by atoms with E-state index in [0.717, 1.165) is 56.1 Å². The molecule has 1 amide bonds. The van der Waals surface area contributed by atoms with Gasteiger partial charge in [-0.15, -0.1) is 0 Å². The van der Waals surface area contributed by atoms with Gasteiger partial charge >= 0.3 is 11.9 Å². The van der Waals surface area contributed by atoms with Crippen molar-refractivity contribution in [2.45, 2.75) is 77.0 Å². The highest BCUT2D eigenvalue weighted by Crippen LogP contribution is 2.32. The zero-order valence-electron chi connectivity index (χ0n) is 28.4. The molecule has 262 valence electrons. The third-order valence-electron chi connectivity index (χ3n) is 8.18. The van der Waals surface area contributed by atoms with Crippen LogP contribution in [-0.2, 0) is 31.9 Å². The Morgan fingerprint density at radius 2 is 1.67 bits per heavy atom. The fraction of sp³-hybridized carbons (Fsp3) is 0.410. The molecular weight excluding hydrogens is 626 g/mol. The zero-order valence-corrected chi connectivity index (χ0v) is 28.4. The molecule has 4 rings (SSSR count). The highest BCUT2D eigenvalue weighted by molar-refractivity contribution is 5.95. The molecule has 1 aliphatic heterocycles. The molecule has 0 unspecified atom stereocenters. The lowest BCUT2D eigenvalue weighted by Gasteiger charge is -2.20. The Morgan fingerprint density at radius 1 is 0.878 bits per heavy atom. The monoisotopic (exact) mass is 673 g/mol. The summed E-state index contributed by atoms with van der Waals surface area (Å²) in [6.45, 7) is 0.738. The molecular formula is C39H47NO9. The molecule has 0 fully saturated rings. The number of rotatable bonds is 20. The van der Waals surface area contributed by atoms with Crippen molar-refractivity contribution in [1.29, 1.82) is 0 Å². The van der Waals surface area contributed by atoms with Crippen LogP contribution in [0.3, 0.4) is 0 Å². The summed E-state index contributed by atoms with van der Waals surface area (Å²) >= 11 is 0. The van der Waals surface area contributed by atoms with Crippen molar-refractivity contribution in [2.24, 2.45) is 0 Å². The van der Waals surface area contributed by atoms with Crippen molar-refractivity contribution >= 4 is 23.6 Å². The largest absolute Gasteiger partial charge is 0.494 e. The summed E-state index contributed by atoms with van der Waals surface area (Å²) in [6.07, 6.45) is 17.2. The minimum absolute atomic E-state index is 0.00667. The quantitative estimate of drug-likeness (QED) is 0.136. The maximum Gasteiger partial charge on any atom is 0.303 e. The number of nitrogens with zero attached hydrogens (tertiary/aromatic N) is 1. The van der Waals surface area contributed by atoms with E-state index < -0.39 is 11.9 Å². The number of hydrogen-bond donors (Lipinski definition) is 2. The van der Waals surface area contributed by atoms with E-state index in [1.807, 2.05) is 24.3 Å². The van der Waals surface area contributed by atoms with Gasteiger partial charge in [0.15, 0.2) is 5.76 Å². The number of carboxylic acid groups (broad SMARTS) is 2. The average molecular weight is 674 g/mol. The SMILES string of the molecule is CN(C)C(=O)c1cc(OCCCCCCc2cccc(OCCCC(=O)O)c2CCC(=O)O)cc(C2=COC=C(CC3=CC=CCC3)O2)c1. The Hall–Kier alpha value is -4.99. The lowest BCUT2D eigenvalue weighted by atomic mass is 9.97. The second-order valence-corrected chi connectivity index (χ2v) is 12.4. The number of hydrogen-bond acceptors (Lipinski definition) is 7. The number of amides is 1. The number of carbonyl (C=O) groups is 3. The molecule has 0 bridgehead atoms. The van der Waals surface area contributed by atoms with Crippen LogP contribution in [0, 0.1) is 0 Å². The third-order valence-corrected chi connectivity index (χ3v) is 8.18. The lowest BCUT2D eigenvalue weighted by Crippen LogP contribution is -2.22. The van der Waals surface area contributed by atoms with Gasteiger partial charge in [0.1, 0.15) is 29.8 Å². The summed E-state index contributed by atoms with van der Waals surface area (Å²) in [6, 6.07) is 11.1. The molecule has 0 atom stereocenters. The average Bonchev–Trinajstić information content (AvgIpc) is 3.09.